The van der Waals surface area contributed by atoms with E-state index in [1.54, 1.807) is 0 Å². The molecule has 0 bridgehead atoms. The summed E-state index contributed by atoms with van der Waals surface area (Å²) < 4.78 is 5.05. The molecule has 1 amide bonds. The van der Waals surface area contributed by atoms with E-state index in [0.717, 1.165) is 0 Å². The molecule has 0 radical (unpaired) electrons. The first-order valence-corrected chi connectivity index (χ1v) is 4.47. The van der Waals surface area contributed by atoms with Crippen LogP contribution in [0.2, 0.25) is 0 Å². The largest absolute Gasteiger partial charge is 0.444 e. The Morgan fingerprint density at radius 2 is 1.85 bits per heavy atom. The summed E-state index contributed by atoms with van der Waals surface area (Å²) in [7, 11) is 0. The monoisotopic (exact) mass is 188 g/mol. The van der Waals surface area contributed by atoms with Crippen molar-refractivity contribution in [3.63, 3.8) is 0 Å². The summed E-state index contributed by atoms with van der Waals surface area (Å²) in [5.74, 6) is 0. The first-order valence-electron chi connectivity index (χ1n) is 4.47. The normalized spacial score (nSPS) is 16.2. The molecule has 0 aliphatic heterocycles. The molecule has 0 aliphatic carbocycles. The molecular formula is C9H20N2O2. The predicted octanol–water partition coefficient (Wildman–Crippen LogP) is 1.25. The van der Waals surface area contributed by atoms with Gasteiger partial charge < -0.3 is 15.8 Å². The molecule has 0 aromatic carbocycles. The molecule has 4 heteroatoms. The predicted molar refractivity (Wildman–Crippen MR) is 52.5 cm³/mol. The molecule has 0 aromatic rings. The second-order valence-corrected chi connectivity index (χ2v) is 4.29. The third-order valence-corrected chi connectivity index (χ3v) is 1.53. The smallest absolute Gasteiger partial charge is 0.407 e. The van der Waals surface area contributed by atoms with E-state index in [0.29, 0.717) is 0 Å². The maximum atomic E-state index is 11.2. The van der Waals surface area contributed by atoms with Crippen molar-refractivity contribution in [1.29, 1.82) is 0 Å². The van der Waals surface area contributed by atoms with Gasteiger partial charge in [0.25, 0.3) is 0 Å². The van der Waals surface area contributed by atoms with Gasteiger partial charge in [-0.25, -0.2) is 4.79 Å². The van der Waals surface area contributed by atoms with Crippen LogP contribution in [0.25, 0.3) is 0 Å². The van der Waals surface area contributed by atoms with Gasteiger partial charge in [-0.15, -0.1) is 0 Å². The van der Waals surface area contributed by atoms with Crippen LogP contribution in [0, 0.1) is 0 Å². The van der Waals surface area contributed by atoms with Crippen LogP contribution in [0.5, 0.6) is 0 Å². The highest BCUT2D eigenvalue weighted by atomic mass is 16.6. The lowest BCUT2D eigenvalue weighted by atomic mass is 10.2. The van der Waals surface area contributed by atoms with Gasteiger partial charge in [-0.05, 0) is 34.6 Å². The highest BCUT2D eigenvalue weighted by Crippen LogP contribution is 2.06. The average molecular weight is 188 g/mol. The summed E-state index contributed by atoms with van der Waals surface area (Å²) >= 11 is 0. The van der Waals surface area contributed by atoms with Crippen molar-refractivity contribution in [3.05, 3.63) is 0 Å². The molecule has 0 aliphatic rings. The summed E-state index contributed by atoms with van der Waals surface area (Å²) in [6.07, 6.45) is -0.419. The van der Waals surface area contributed by atoms with Crippen molar-refractivity contribution in [2.24, 2.45) is 5.73 Å². The first-order chi connectivity index (χ1) is 5.72. The Labute approximate surface area is 79.8 Å². The van der Waals surface area contributed by atoms with Crippen LogP contribution in [-0.4, -0.2) is 23.8 Å². The van der Waals surface area contributed by atoms with Gasteiger partial charge in [0.1, 0.15) is 5.60 Å². The lowest BCUT2D eigenvalue weighted by Gasteiger charge is -2.23. The number of nitrogens with one attached hydrogen (secondary N) is 1. The summed E-state index contributed by atoms with van der Waals surface area (Å²) in [5, 5.41) is 2.65. The van der Waals surface area contributed by atoms with Gasteiger partial charge in [0.05, 0.1) is 0 Å². The number of nitrogens with two attached hydrogens (primary N) is 1. The minimum atomic E-state index is -0.457. The minimum Gasteiger partial charge on any atom is -0.444 e. The van der Waals surface area contributed by atoms with Crippen LogP contribution in [0.1, 0.15) is 34.6 Å². The lowest BCUT2D eigenvalue weighted by molar-refractivity contribution is 0.0503. The van der Waals surface area contributed by atoms with Gasteiger partial charge in [-0.2, -0.15) is 0 Å². The van der Waals surface area contributed by atoms with Crippen molar-refractivity contribution in [1.82, 2.24) is 5.32 Å². The fourth-order valence-corrected chi connectivity index (χ4v) is 0.625. The number of rotatable bonds is 2. The Bertz CT molecular complexity index is 173. The van der Waals surface area contributed by atoms with Crippen molar-refractivity contribution in [2.75, 3.05) is 0 Å². The quantitative estimate of drug-likeness (QED) is 0.685. The summed E-state index contributed by atoms with van der Waals surface area (Å²) in [6, 6.07) is -0.151. The number of hydrogen-bond donors (Lipinski definition) is 2. The van der Waals surface area contributed by atoms with Gasteiger partial charge in [-0.1, -0.05) is 0 Å². The number of alkyl carbamates (subject to hydrolysis) is 1. The third-order valence-electron chi connectivity index (χ3n) is 1.53. The SMILES string of the molecule is CC(N)[C@H](C)NC(=O)OC(C)(C)C. The second kappa shape index (κ2) is 4.46. The minimum absolute atomic E-state index is 0.0742. The van der Waals surface area contributed by atoms with Crippen molar-refractivity contribution in [3.8, 4) is 0 Å². The summed E-state index contributed by atoms with van der Waals surface area (Å²) in [5.41, 5.74) is 5.12. The molecule has 0 aromatic heterocycles. The fraction of sp³-hybridized carbons (Fsp3) is 0.889. The standard InChI is InChI=1S/C9H20N2O2/c1-6(10)7(2)11-8(12)13-9(3,4)5/h6-7H,10H2,1-5H3,(H,11,12)/t6?,7-/m0/s1. The van der Waals surface area contributed by atoms with E-state index in [2.05, 4.69) is 5.32 Å². The number of hydrogen-bond acceptors (Lipinski definition) is 3. The van der Waals surface area contributed by atoms with Gasteiger partial charge in [0, 0.05) is 12.1 Å². The lowest BCUT2D eigenvalue weighted by Crippen LogP contribution is -2.45. The molecule has 0 fully saturated rings. The van der Waals surface area contributed by atoms with Crippen LogP contribution >= 0.6 is 0 Å². The van der Waals surface area contributed by atoms with Crippen LogP contribution in [0.3, 0.4) is 0 Å². The van der Waals surface area contributed by atoms with Crippen molar-refractivity contribution in [2.45, 2.75) is 52.3 Å². The zero-order valence-electron chi connectivity index (χ0n) is 9.05. The van der Waals surface area contributed by atoms with E-state index in [9.17, 15) is 4.79 Å². The highest BCUT2D eigenvalue weighted by Gasteiger charge is 2.18. The Morgan fingerprint density at radius 1 is 1.38 bits per heavy atom. The van der Waals surface area contributed by atoms with E-state index in [1.807, 2.05) is 34.6 Å². The highest BCUT2D eigenvalue weighted by molar-refractivity contribution is 5.68. The molecule has 1 unspecified atom stereocenters. The van der Waals surface area contributed by atoms with Gasteiger partial charge in [0.2, 0.25) is 0 Å². The number of ether oxygens (including phenoxy) is 1. The van der Waals surface area contributed by atoms with Crippen LogP contribution < -0.4 is 11.1 Å². The van der Waals surface area contributed by atoms with Gasteiger partial charge in [-0.3, -0.25) is 0 Å². The number of carbonyl (C=O) groups excluding carboxylic acids is 1. The van der Waals surface area contributed by atoms with Crippen molar-refractivity contribution < 1.29 is 9.53 Å². The Morgan fingerprint density at radius 3 is 2.15 bits per heavy atom. The van der Waals surface area contributed by atoms with E-state index < -0.39 is 11.7 Å². The molecule has 3 N–H and O–H groups in total. The fourth-order valence-electron chi connectivity index (χ4n) is 0.625. The number of carbonyl (C=O) groups is 1. The molecule has 78 valence electrons. The Hall–Kier alpha value is -0.770. The topological polar surface area (TPSA) is 64.3 Å². The zero-order valence-corrected chi connectivity index (χ0v) is 9.05. The molecule has 4 nitrogen and oxygen atoms in total. The molecule has 13 heavy (non-hydrogen) atoms. The average Bonchev–Trinajstić information content (AvgIpc) is 1.81. The maximum Gasteiger partial charge on any atom is 0.407 e. The summed E-state index contributed by atoms with van der Waals surface area (Å²) in [6.45, 7) is 9.14. The first kappa shape index (κ1) is 12.2. The Balaban J connectivity index is 3.89. The van der Waals surface area contributed by atoms with Gasteiger partial charge >= 0.3 is 6.09 Å². The van der Waals surface area contributed by atoms with E-state index in [1.165, 1.54) is 0 Å². The molecule has 0 heterocycles. The van der Waals surface area contributed by atoms with Crippen LogP contribution in [0.4, 0.5) is 4.79 Å². The van der Waals surface area contributed by atoms with Gasteiger partial charge in [0.15, 0.2) is 0 Å². The van der Waals surface area contributed by atoms with E-state index >= 15 is 0 Å². The zero-order chi connectivity index (χ0) is 10.6. The second-order valence-electron chi connectivity index (χ2n) is 4.29. The molecule has 0 saturated heterocycles. The van der Waals surface area contributed by atoms with Crippen LogP contribution in [0.15, 0.2) is 0 Å². The number of amides is 1. The van der Waals surface area contributed by atoms with E-state index in [4.69, 9.17) is 10.5 Å². The van der Waals surface area contributed by atoms with Crippen molar-refractivity contribution >= 4 is 6.09 Å². The van der Waals surface area contributed by atoms with E-state index in [-0.39, 0.29) is 12.1 Å². The summed E-state index contributed by atoms with van der Waals surface area (Å²) in [4.78, 5) is 11.2. The molecule has 2 atom stereocenters. The maximum absolute atomic E-state index is 11.2. The molecule has 0 rings (SSSR count). The molecule has 0 spiro atoms. The Kier molecular flexibility index (Phi) is 4.20. The molecular weight excluding hydrogens is 168 g/mol. The van der Waals surface area contributed by atoms with Crippen LogP contribution in [-0.2, 0) is 4.74 Å². The third kappa shape index (κ3) is 6.40. The molecule has 0 saturated carbocycles.